The van der Waals surface area contributed by atoms with E-state index in [9.17, 15) is 14.7 Å². The number of anilines is 1. The van der Waals surface area contributed by atoms with Crippen molar-refractivity contribution in [1.82, 2.24) is 5.43 Å². The monoisotopic (exact) mass is 447 g/mol. The van der Waals surface area contributed by atoms with Crippen LogP contribution in [0.2, 0.25) is 0 Å². The number of nitrogens with one attached hydrogen (secondary N) is 2. The lowest BCUT2D eigenvalue weighted by molar-refractivity contribution is -0.126. The second kappa shape index (κ2) is 9.89. The first-order chi connectivity index (χ1) is 13.3. The lowest BCUT2D eigenvalue weighted by atomic mass is 10.1. The minimum absolute atomic E-state index is 0.00824. The maximum Gasteiger partial charge on any atom is 0.249 e. The summed E-state index contributed by atoms with van der Waals surface area (Å²) in [6.07, 6.45) is 1.04. The van der Waals surface area contributed by atoms with Crippen molar-refractivity contribution >= 4 is 39.6 Å². The van der Waals surface area contributed by atoms with E-state index in [2.05, 4.69) is 31.8 Å². The van der Waals surface area contributed by atoms with Crippen molar-refractivity contribution in [2.24, 2.45) is 5.10 Å². The number of carbonyl (C=O) groups excluding carboxylic acids is 2. The summed E-state index contributed by atoms with van der Waals surface area (Å²) in [5.41, 5.74) is 5.60. The molecule has 0 aliphatic rings. The first kappa shape index (κ1) is 21.4. The molecule has 0 bridgehead atoms. The molecule has 2 aromatic rings. The van der Waals surface area contributed by atoms with Gasteiger partial charge in [0.2, 0.25) is 11.8 Å². The van der Waals surface area contributed by atoms with Gasteiger partial charge in [0.25, 0.3) is 0 Å². The van der Waals surface area contributed by atoms with Crippen LogP contribution in [0.15, 0.2) is 39.9 Å². The maximum atomic E-state index is 12.0. The molecule has 0 aliphatic carbocycles. The summed E-state index contributed by atoms with van der Waals surface area (Å²) in [5.74, 6) is -0.671. The molecule has 7 nitrogen and oxygen atoms in total. The van der Waals surface area contributed by atoms with E-state index >= 15 is 0 Å². The molecule has 0 unspecified atom stereocenters. The fourth-order valence-corrected chi connectivity index (χ4v) is 2.91. The Bertz CT molecular complexity index is 913. The van der Waals surface area contributed by atoms with Crippen LogP contribution in [-0.4, -0.2) is 29.7 Å². The van der Waals surface area contributed by atoms with Gasteiger partial charge in [-0.25, -0.2) is 5.43 Å². The molecule has 0 saturated carbocycles. The van der Waals surface area contributed by atoms with E-state index in [-0.39, 0.29) is 12.2 Å². The number of halogens is 1. The van der Waals surface area contributed by atoms with Gasteiger partial charge in [0, 0.05) is 5.69 Å². The average molecular weight is 448 g/mol. The summed E-state index contributed by atoms with van der Waals surface area (Å²) in [5, 5.41) is 16.4. The summed E-state index contributed by atoms with van der Waals surface area (Å²) in [7, 11) is 0. The molecule has 0 spiro atoms. The van der Waals surface area contributed by atoms with Gasteiger partial charge in [-0.1, -0.05) is 17.7 Å². The molecule has 0 fully saturated rings. The van der Waals surface area contributed by atoms with Crippen molar-refractivity contribution < 1.29 is 19.4 Å². The number of hydrazone groups is 1. The molecule has 0 radical (unpaired) electrons. The summed E-state index contributed by atoms with van der Waals surface area (Å²) in [4.78, 5) is 23.9. The molecule has 2 amide bonds. The molecular formula is C20H22BrN3O4. The van der Waals surface area contributed by atoms with Gasteiger partial charge >= 0.3 is 0 Å². The van der Waals surface area contributed by atoms with Crippen LogP contribution in [-0.2, 0) is 9.59 Å². The number of aryl methyl sites for hydroxylation is 2. The van der Waals surface area contributed by atoms with Gasteiger partial charge in [0.1, 0.15) is 6.42 Å². The highest BCUT2D eigenvalue weighted by Crippen LogP contribution is 2.35. The van der Waals surface area contributed by atoms with Gasteiger partial charge < -0.3 is 15.2 Å². The molecule has 8 heteroatoms. The largest absolute Gasteiger partial charge is 0.503 e. The summed E-state index contributed by atoms with van der Waals surface area (Å²) < 4.78 is 5.77. The highest BCUT2D eigenvalue weighted by molar-refractivity contribution is 9.10. The molecule has 0 saturated heterocycles. The van der Waals surface area contributed by atoms with Crippen molar-refractivity contribution in [2.45, 2.75) is 27.2 Å². The SMILES string of the molecule is CCOc1cc(/C=N/NC(=O)CC(=O)Nc2ccc(C)cc2C)cc(Br)c1O. The van der Waals surface area contributed by atoms with Crippen LogP contribution < -0.4 is 15.5 Å². The van der Waals surface area contributed by atoms with Crippen molar-refractivity contribution in [3.63, 3.8) is 0 Å². The Kier molecular flexibility index (Phi) is 7.57. The number of phenols is 1. The number of aromatic hydroxyl groups is 1. The Morgan fingerprint density at radius 1 is 1.21 bits per heavy atom. The smallest absolute Gasteiger partial charge is 0.249 e. The van der Waals surface area contributed by atoms with Gasteiger partial charge in [0.15, 0.2) is 11.5 Å². The summed E-state index contributed by atoms with van der Waals surface area (Å²) in [6, 6.07) is 8.86. The zero-order valence-electron chi connectivity index (χ0n) is 15.9. The lowest BCUT2D eigenvalue weighted by Crippen LogP contribution is -2.24. The minimum Gasteiger partial charge on any atom is -0.503 e. The van der Waals surface area contributed by atoms with Gasteiger partial charge in [-0.05, 0) is 66.0 Å². The molecular weight excluding hydrogens is 426 g/mol. The molecule has 0 aromatic heterocycles. The number of phenolic OH excluding ortho intramolecular Hbond substituents is 1. The predicted molar refractivity (Wildman–Crippen MR) is 112 cm³/mol. The van der Waals surface area contributed by atoms with Crippen LogP contribution in [0.5, 0.6) is 11.5 Å². The molecule has 3 N–H and O–H groups in total. The van der Waals surface area contributed by atoms with Gasteiger partial charge in [-0.3, -0.25) is 9.59 Å². The number of carbonyl (C=O) groups is 2. The Labute approximate surface area is 171 Å². The highest BCUT2D eigenvalue weighted by Gasteiger charge is 2.11. The third kappa shape index (κ3) is 6.09. The van der Waals surface area contributed by atoms with Gasteiger partial charge in [-0.2, -0.15) is 5.10 Å². The van der Waals surface area contributed by atoms with Gasteiger partial charge in [-0.15, -0.1) is 0 Å². The number of amides is 2. The fourth-order valence-electron chi connectivity index (χ4n) is 2.45. The maximum absolute atomic E-state index is 12.0. The van der Waals surface area contributed by atoms with Crippen molar-refractivity contribution in [1.29, 1.82) is 0 Å². The molecule has 0 aliphatic heterocycles. The van der Waals surface area contributed by atoms with Crippen LogP contribution >= 0.6 is 15.9 Å². The number of ether oxygens (including phenoxy) is 1. The molecule has 2 rings (SSSR count). The van der Waals surface area contributed by atoms with Crippen LogP contribution in [0.3, 0.4) is 0 Å². The van der Waals surface area contributed by atoms with Crippen LogP contribution in [0.4, 0.5) is 5.69 Å². The fraction of sp³-hybridized carbons (Fsp3) is 0.250. The first-order valence-corrected chi connectivity index (χ1v) is 9.43. The summed E-state index contributed by atoms with van der Waals surface area (Å²) >= 11 is 3.23. The second-order valence-electron chi connectivity index (χ2n) is 6.12. The molecule has 148 valence electrons. The Balaban J connectivity index is 1.92. The van der Waals surface area contributed by atoms with Crippen LogP contribution in [0.25, 0.3) is 0 Å². The zero-order valence-corrected chi connectivity index (χ0v) is 17.5. The van der Waals surface area contributed by atoms with Crippen molar-refractivity contribution in [3.8, 4) is 11.5 Å². The number of nitrogens with zero attached hydrogens (tertiary/aromatic N) is 1. The number of hydrogen-bond acceptors (Lipinski definition) is 5. The van der Waals surface area contributed by atoms with Crippen molar-refractivity contribution in [2.75, 3.05) is 11.9 Å². The second-order valence-corrected chi connectivity index (χ2v) is 6.97. The van der Waals surface area contributed by atoms with E-state index < -0.39 is 11.8 Å². The standard InChI is InChI=1S/C20H22BrN3O4/c1-4-28-17-9-14(8-15(21)20(17)27)11-22-24-19(26)10-18(25)23-16-6-5-12(2)7-13(16)3/h5-9,11,27H,4,10H2,1-3H3,(H,23,25)(H,24,26)/b22-11+. The third-order valence-corrected chi connectivity index (χ3v) is 4.34. The van der Waals surface area contributed by atoms with Crippen molar-refractivity contribution in [3.05, 3.63) is 51.5 Å². The van der Waals surface area contributed by atoms with E-state index in [4.69, 9.17) is 4.74 Å². The van der Waals surface area contributed by atoms with Crippen LogP contribution in [0.1, 0.15) is 30.0 Å². The van der Waals surface area contributed by atoms with E-state index in [1.54, 1.807) is 25.1 Å². The topological polar surface area (TPSA) is 100 Å². The Morgan fingerprint density at radius 3 is 2.64 bits per heavy atom. The molecule has 0 heterocycles. The first-order valence-electron chi connectivity index (χ1n) is 8.64. The van der Waals surface area contributed by atoms with E-state index in [0.29, 0.717) is 28.1 Å². The lowest BCUT2D eigenvalue weighted by Gasteiger charge is -2.09. The van der Waals surface area contributed by atoms with E-state index in [0.717, 1.165) is 11.1 Å². The molecule has 0 atom stereocenters. The minimum atomic E-state index is -0.540. The Hall–Kier alpha value is -2.87. The highest BCUT2D eigenvalue weighted by atomic mass is 79.9. The molecule has 28 heavy (non-hydrogen) atoms. The number of hydrogen-bond donors (Lipinski definition) is 3. The third-order valence-electron chi connectivity index (χ3n) is 3.73. The normalized spacial score (nSPS) is 10.7. The quantitative estimate of drug-likeness (QED) is 0.342. The molecule has 2 aromatic carbocycles. The summed E-state index contributed by atoms with van der Waals surface area (Å²) in [6.45, 7) is 6.05. The van der Waals surface area contributed by atoms with Crippen LogP contribution in [0, 0.1) is 13.8 Å². The zero-order chi connectivity index (χ0) is 20.7. The Morgan fingerprint density at radius 2 is 1.96 bits per heavy atom. The number of rotatable bonds is 7. The van der Waals surface area contributed by atoms with Gasteiger partial charge in [0.05, 0.1) is 17.3 Å². The van der Waals surface area contributed by atoms with E-state index in [1.807, 2.05) is 26.0 Å². The average Bonchev–Trinajstić information content (AvgIpc) is 2.61. The number of benzene rings is 2. The van der Waals surface area contributed by atoms with E-state index in [1.165, 1.54) is 6.21 Å². The predicted octanol–water partition coefficient (Wildman–Crippen LogP) is 3.65.